The van der Waals surface area contributed by atoms with E-state index < -0.39 is 12.2 Å². The Labute approximate surface area is 200 Å². The molecule has 3 amide bonds. The molecule has 0 saturated carbocycles. The predicted molar refractivity (Wildman–Crippen MR) is 130 cm³/mol. The van der Waals surface area contributed by atoms with Gasteiger partial charge in [0.1, 0.15) is 24.6 Å². The summed E-state index contributed by atoms with van der Waals surface area (Å²) in [5, 5.41) is 17.3. The number of aliphatic hydroxyl groups excluding tert-OH is 1. The molecule has 2 saturated heterocycles. The fourth-order valence-corrected chi connectivity index (χ4v) is 5.01. The zero-order chi connectivity index (χ0) is 24.2. The summed E-state index contributed by atoms with van der Waals surface area (Å²) < 4.78 is 6.28. The summed E-state index contributed by atoms with van der Waals surface area (Å²) in [7, 11) is 1.55. The number of aromatic nitrogens is 1. The number of ether oxygens (including phenoxy) is 1. The van der Waals surface area contributed by atoms with Crippen molar-refractivity contribution in [3.8, 4) is 5.75 Å². The molecular weight excluding hydrogens is 434 g/mol. The third-order valence-electron chi connectivity index (χ3n) is 6.75. The second-order valence-electron chi connectivity index (χ2n) is 9.77. The summed E-state index contributed by atoms with van der Waals surface area (Å²) >= 11 is 0. The largest absolute Gasteiger partial charge is 0.491 e. The molecule has 2 fully saturated rings. The number of rotatable bonds is 10. The van der Waals surface area contributed by atoms with Crippen molar-refractivity contribution in [1.82, 2.24) is 25.4 Å². The first-order valence-corrected chi connectivity index (χ1v) is 12.3. The van der Waals surface area contributed by atoms with Crippen molar-refractivity contribution >= 4 is 22.8 Å². The van der Waals surface area contributed by atoms with Crippen LogP contribution in [-0.2, 0) is 4.79 Å². The van der Waals surface area contributed by atoms with Crippen LogP contribution in [0, 0.1) is 5.92 Å². The number of piperazine rings is 1. The van der Waals surface area contributed by atoms with Crippen LogP contribution in [0.2, 0.25) is 0 Å². The molecule has 0 aliphatic carbocycles. The van der Waals surface area contributed by atoms with E-state index in [0.717, 1.165) is 42.3 Å². The molecule has 4 unspecified atom stereocenters. The number of hydrogen-bond donors (Lipinski definition) is 4. The van der Waals surface area contributed by atoms with Crippen molar-refractivity contribution < 1.29 is 19.4 Å². The predicted octanol–water partition coefficient (Wildman–Crippen LogP) is 2.27. The Bertz CT molecular complexity index is 993. The number of urea groups is 1. The molecular formula is C25H37N5O4. The Hall–Kier alpha value is -2.62. The minimum Gasteiger partial charge on any atom is -0.491 e. The molecule has 0 spiro atoms. The van der Waals surface area contributed by atoms with E-state index in [2.05, 4.69) is 29.5 Å². The molecule has 2 aliphatic rings. The highest BCUT2D eigenvalue weighted by atomic mass is 16.5. The summed E-state index contributed by atoms with van der Waals surface area (Å²) in [5.41, 5.74) is 1.02. The minimum atomic E-state index is -0.506. The molecule has 9 heteroatoms. The van der Waals surface area contributed by atoms with E-state index in [9.17, 15) is 9.59 Å². The number of nitrogens with one attached hydrogen (secondary N) is 3. The van der Waals surface area contributed by atoms with Gasteiger partial charge in [0.2, 0.25) is 0 Å². The van der Waals surface area contributed by atoms with E-state index >= 15 is 0 Å². The normalized spacial score (nSPS) is 25.3. The Morgan fingerprint density at radius 3 is 2.68 bits per heavy atom. The van der Waals surface area contributed by atoms with Crippen LogP contribution >= 0.6 is 0 Å². The number of amides is 3. The van der Waals surface area contributed by atoms with Gasteiger partial charge in [-0.1, -0.05) is 32.8 Å². The van der Waals surface area contributed by atoms with E-state index in [1.807, 2.05) is 30.5 Å². The third-order valence-corrected chi connectivity index (χ3v) is 6.75. The van der Waals surface area contributed by atoms with E-state index in [4.69, 9.17) is 9.84 Å². The van der Waals surface area contributed by atoms with Gasteiger partial charge in [-0.05, 0) is 37.0 Å². The Morgan fingerprint density at radius 2 is 1.91 bits per heavy atom. The van der Waals surface area contributed by atoms with Crippen molar-refractivity contribution in [1.29, 1.82) is 0 Å². The third kappa shape index (κ3) is 5.06. The van der Waals surface area contributed by atoms with Gasteiger partial charge in [0, 0.05) is 43.3 Å². The topological polar surface area (TPSA) is 110 Å². The van der Waals surface area contributed by atoms with Crippen molar-refractivity contribution in [2.24, 2.45) is 5.92 Å². The zero-order valence-electron chi connectivity index (χ0n) is 20.3. The van der Waals surface area contributed by atoms with Crippen LogP contribution in [0.15, 0.2) is 30.5 Å². The number of nitrogens with zero attached hydrogens (tertiary/aromatic N) is 2. The Morgan fingerprint density at radius 1 is 1.09 bits per heavy atom. The van der Waals surface area contributed by atoms with Gasteiger partial charge in [0.05, 0.1) is 6.04 Å². The molecule has 4 atom stereocenters. The first-order chi connectivity index (χ1) is 16.4. The lowest BCUT2D eigenvalue weighted by atomic mass is 9.93. The number of aromatic amines is 1. The number of imide groups is 1. The second kappa shape index (κ2) is 10.8. The van der Waals surface area contributed by atoms with Crippen molar-refractivity contribution in [3.63, 3.8) is 0 Å². The number of fused-ring (bicyclic) bond motifs is 2. The quantitative estimate of drug-likeness (QED) is 0.396. The van der Waals surface area contributed by atoms with Gasteiger partial charge in [0.25, 0.3) is 5.91 Å². The summed E-state index contributed by atoms with van der Waals surface area (Å²) in [6.45, 7) is 5.28. The van der Waals surface area contributed by atoms with Gasteiger partial charge in [-0.3, -0.25) is 20.3 Å². The molecule has 9 nitrogen and oxygen atoms in total. The highest BCUT2D eigenvalue weighted by Gasteiger charge is 2.50. The smallest absolute Gasteiger partial charge is 0.327 e. The summed E-state index contributed by atoms with van der Waals surface area (Å²) in [6, 6.07) is 7.05. The average molecular weight is 472 g/mol. The van der Waals surface area contributed by atoms with E-state index in [-0.39, 0.29) is 36.5 Å². The number of unbranched alkanes of at least 4 members (excludes halogenated alkanes) is 2. The van der Waals surface area contributed by atoms with Crippen LogP contribution in [0.1, 0.15) is 39.5 Å². The van der Waals surface area contributed by atoms with Crippen LogP contribution in [0.4, 0.5) is 4.79 Å². The lowest BCUT2D eigenvalue weighted by Gasteiger charge is -2.51. The molecule has 3 heterocycles. The summed E-state index contributed by atoms with van der Waals surface area (Å²) in [4.78, 5) is 32.2. The SMILES string of the molecule is CC(C)CN1C(=O)N(C)C(=O)C2NC(CCCCCO)C(COc3cccc4[nH]ccc34)NC21. The number of H-pyrrole nitrogens is 1. The molecule has 1 aromatic heterocycles. The molecule has 1 aromatic carbocycles. The standard InChI is InChI=1S/C25H37N5O4/c1-16(2)14-30-23-22(24(32)29(3)25(30)33)27-19(8-5-4-6-13-31)20(28-23)15-34-21-10-7-9-18-17(21)11-12-26-18/h7,9-12,16,19-20,22-23,26-28,31H,4-6,8,13-15H2,1-3H3. The van der Waals surface area contributed by atoms with Gasteiger partial charge in [-0.25, -0.2) is 4.79 Å². The number of carbonyl (C=O) groups is 2. The number of benzene rings is 1. The van der Waals surface area contributed by atoms with E-state index in [1.165, 1.54) is 4.90 Å². The summed E-state index contributed by atoms with van der Waals surface area (Å²) in [6.07, 6.45) is 4.93. The molecule has 0 bridgehead atoms. The number of aliphatic hydroxyl groups is 1. The maximum atomic E-state index is 13.0. The van der Waals surface area contributed by atoms with Crippen LogP contribution in [0.5, 0.6) is 5.75 Å². The maximum absolute atomic E-state index is 13.0. The first kappa shape index (κ1) is 24.5. The van der Waals surface area contributed by atoms with Crippen molar-refractivity contribution in [3.05, 3.63) is 30.5 Å². The van der Waals surface area contributed by atoms with E-state index in [1.54, 1.807) is 11.9 Å². The fourth-order valence-electron chi connectivity index (χ4n) is 5.01. The number of hydrogen-bond acceptors (Lipinski definition) is 6. The molecule has 186 valence electrons. The monoisotopic (exact) mass is 471 g/mol. The molecule has 0 radical (unpaired) electrons. The van der Waals surface area contributed by atoms with Gasteiger partial charge >= 0.3 is 6.03 Å². The maximum Gasteiger partial charge on any atom is 0.327 e. The highest BCUT2D eigenvalue weighted by molar-refractivity contribution is 6.00. The lowest BCUT2D eigenvalue weighted by molar-refractivity contribution is -0.138. The molecule has 2 aliphatic heterocycles. The van der Waals surface area contributed by atoms with Crippen LogP contribution < -0.4 is 15.4 Å². The van der Waals surface area contributed by atoms with E-state index in [0.29, 0.717) is 13.2 Å². The minimum absolute atomic E-state index is 0.00294. The van der Waals surface area contributed by atoms with Crippen LogP contribution in [0.3, 0.4) is 0 Å². The highest BCUT2D eigenvalue weighted by Crippen LogP contribution is 2.27. The number of carbonyl (C=O) groups excluding carboxylic acids is 2. The lowest BCUT2D eigenvalue weighted by Crippen LogP contribution is -2.79. The zero-order valence-corrected chi connectivity index (χ0v) is 20.3. The van der Waals surface area contributed by atoms with Crippen LogP contribution in [0.25, 0.3) is 10.9 Å². The second-order valence-corrected chi connectivity index (χ2v) is 9.77. The first-order valence-electron chi connectivity index (χ1n) is 12.3. The number of likely N-dealkylation sites (N-methyl/N-ethyl adjacent to an activating group) is 1. The Balaban J connectivity index is 1.54. The van der Waals surface area contributed by atoms with Crippen molar-refractivity contribution in [2.75, 3.05) is 26.8 Å². The molecule has 4 rings (SSSR count). The Kier molecular flexibility index (Phi) is 7.75. The molecule has 2 aromatic rings. The summed E-state index contributed by atoms with van der Waals surface area (Å²) in [5.74, 6) is 0.862. The van der Waals surface area contributed by atoms with Gasteiger partial charge in [-0.2, -0.15) is 0 Å². The van der Waals surface area contributed by atoms with Gasteiger partial charge in [0.15, 0.2) is 0 Å². The average Bonchev–Trinajstić information content (AvgIpc) is 3.31. The van der Waals surface area contributed by atoms with Crippen LogP contribution in [-0.4, -0.2) is 82.9 Å². The fraction of sp³-hybridized carbons (Fsp3) is 0.600. The van der Waals surface area contributed by atoms with Crippen molar-refractivity contribution in [2.45, 2.75) is 63.8 Å². The molecule has 4 N–H and O–H groups in total. The van der Waals surface area contributed by atoms with Gasteiger partial charge < -0.3 is 19.7 Å². The molecule has 34 heavy (non-hydrogen) atoms. The van der Waals surface area contributed by atoms with Gasteiger partial charge in [-0.15, -0.1) is 0 Å².